The fourth-order valence-corrected chi connectivity index (χ4v) is 3.33. The second-order valence-corrected chi connectivity index (χ2v) is 7.84. The van der Waals surface area contributed by atoms with Crippen LogP contribution >= 0.6 is 11.6 Å². The van der Waals surface area contributed by atoms with E-state index in [2.05, 4.69) is 10.0 Å². The zero-order valence-electron chi connectivity index (χ0n) is 15.4. The number of carbonyl (C=O) groups is 3. The van der Waals surface area contributed by atoms with Crippen molar-refractivity contribution in [2.45, 2.75) is 17.9 Å². The Kier molecular flexibility index (Phi) is 7.18. The van der Waals surface area contributed by atoms with Crippen LogP contribution in [0, 0.1) is 0 Å². The Bertz CT molecular complexity index is 1020. The highest BCUT2D eigenvalue weighted by Gasteiger charge is 2.24. The van der Waals surface area contributed by atoms with Crippen molar-refractivity contribution in [3.8, 4) is 0 Å². The quantitative estimate of drug-likeness (QED) is 0.591. The maximum Gasteiger partial charge on any atom is 0.341 e. The number of ether oxygens (including phenoxy) is 1. The molecule has 0 saturated carbocycles. The molecule has 1 unspecified atom stereocenters. The van der Waals surface area contributed by atoms with Crippen molar-refractivity contribution in [1.82, 2.24) is 10.6 Å². The number of sulfonamides is 1. The van der Waals surface area contributed by atoms with Crippen LogP contribution < -0.4 is 15.4 Å². The van der Waals surface area contributed by atoms with Gasteiger partial charge in [0.15, 0.2) is 6.10 Å². The molecule has 29 heavy (non-hydrogen) atoms. The largest absolute Gasteiger partial charge is 0.449 e. The summed E-state index contributed by atoms with van der Waals surface area (Å²) in [6.07, 6.45) is -1.29. The summed E-state index contributed by atoms with van der Waals surface area (Å²) in [6.45, 7) is 1.27. The van der Waals surface area contributed by atoms with E-state index in [0.717, 1.165) is 0 Å². The van der Waals surface area contributed by atoms with Gasteiger partial charge in [0, 0.05) is 12.1 Å². The van der Waals surface area contributed by atoms with E-state index in [1.165, 1.54) is 62.5 Å². The maximum absolute atomic E-state index is 12.6. The van der Waals surface area contributed by atoms with Gasteiger partial charge in [0.05, 0.1) is 16.1 Å². The Labute approximate surface area is 172 Å². The number of hydrogen-bond acceptors (Lipinski definition) is 6. The van der Waals surface area contributed by atoms with Crippen LogP contribution in [0.15, 0.2) is 53.4 Å². The highest BCUT2D eigenvalue weighted by molar-refractivity contribution is 7.92. The summed E-state index contributed by atoms with van der Waals surface area (Å²) >= 11 is 5.77. The van der Waals surface area contributed by atoms with Crippen LogP contribution in [0.4, 0.5) is 10.5 Å². The predicted molar refractivity (Wildman–Crippen MR) is 106 cm³/mol. The molecule has 0 aliphatic heterocycles. The van der Waals surface area contributed by atoms with Crippen molar-refractivity contribution in [1.29, 1.82) is 0 Å². The molecule has 0 radical (unpaired) electrons. The number of amides is 3. The number of carbonyl (C=O) groups excluding carboxylic acids is 3. The molecule has 11 heteroatoms. The van der Waals surface area contributed by atoms with E-state index in [0.29, 0.717) is 5.02 Å². The summed E-state index contributed by atoms with van der Waals surface area (Å²) in [4.78, 5) is 35.4. The second kappa shape index (κ2) is 9.39. The molecule has 1 atom stereocenters. The van der Waals surface area contributed by atoms with E-state index in [4.69, 9.17) is 16.3 Å². The van der Waals surface area contributed by atoms with Crippen LogP contribution in [0.5, 0.6) is 0 Å². The summed E-state index contributed by atoms with van der Waals surface area (Å²) in [5.74, 6) is -1.78. The molecule has 0 bridgehead atoms. The third-order valence-corrected chi connectivity index (χ3v) is 5.27. The van der Waals surface area contributed by atoms with E-state index < -0.39 is 34.0 Å². The molecule has 0 saturated heterocycles. The van der Waals surface area contributed by atoms with Gasteiger partial charge in [0.1, 0.15) is 0 Å². The van der Waals surface area contributed by atoms with Gasteiger partial charge in [-0.25, -0.2) is 18.0 Å². The number of halogens is 1. The third kappa shape index (κ3) is 5.93. The number of hydrogen-bond donors (Lipinski definition) is 3. The summed E-state index contributed by atoms with van der Waals surface area (Å²) in [7, 11) is -2.68. The summed E-state index contributed by atoms with van der Waals surface area (Å²) < 4.78 is 32.5. The lowest BCUT2D eigenvalue weighted by molar-refractivity contribution is -0.127. The molecule has 0 spiro atoms. The molecule has 2 aromatic carbocycles. The average Bonchev–Trinajstić information content (AvgIpc) is 2.68. The maximum atomic E-state index is 12.6. The van der Waals surface area contributed by atoms with Gasteiger partial charge in [-0.2, -0.15) is 0 Å². The van der Waals surface area contributed by atoms with Crippen molar-refractivity contribution in [3.05, 3.63) is 59.1 Å². The van der Waals surface area contributed by atoms with Crippen molar-refractivity contribution in [3.63, 3.8) is 0 Å². The smallest absolute Gasteiger partial charge is 0.341 e. The molecule has 0 fully saturated rings. The Morgan fingerprint density at radius 1 is 1.03 bits per heavy atom. The number of anilines is 1. The molecule has 2 aromatic rings. The van der Waals surface area contributed by atoms with E-state index in [1.807, 2.05) is 5.32 Å². The summed E-state index contributed by atoms with van der Waals surface area (Å²) in [5.41, 5.74) is -0.143. The van der Waals surface area contributed by atoms with Crippen LogP contribution in [0.25, 0.3) is 0 Å². The lowest BCUT2D eigenvalue weighted by Crippen LogP contribution is -2.43. The zero-order valence-corrected chi connectivity index (χ0v) is 17.0. The molecule has 0 aliphatic rings. The summed E-state index contributed by atoms with van der Waals surface area (Å²) in [5, 5.41) is 4.54. The number of esters is 1. The van der Waals surface area contributed by atoms with Crippen LogP contribution in [-0.4, -0.2) is 39.5 Å². The Hall–Kier alpha value is -3.11. The van der Waals surface area contributed by atoms with Crippen molar-refractivity contribution < 1.29 is 27.5 Å². The molecule has 9 nitrogen and oxygen atoms in total. The standard InChI is InChI=1S/C18H18ClN3O6S/c1-11(16(23)21-18(25)20-2)28-17(24)14-5-3-4-6-15(14)22-29(26,27)13-9-7-12(19)8-10-13/h3-11,22H,1-2H3,(H2,20,21,23,25). The number of benzene rings is 2. The SMILES string of the molecule is CNC(=O)NC(=O)C(C)OC(=O)c1ccccc1NS(=O)(=O)c1ccc(Cl)cc1. The second-order valence-electron chi connectivity index (χ2n) is 5.72. The van der Waals surface area contributed by atoms with E-state index in [9.17, 15) is 22.8 Å². The minimum Gasteiger partial charge on any atom is -0.449 e. The van der Waals surface area contributed by atoms with Gasteiger partial charge in [-0.1, -0.05) is 23.7 Å². The average molecular weight is 440 g/mol. The minimum absolute atomic E-state index is 0.0358. The fourth-order valence-electron chi connectivity index (χ4n) is 2.12. The molecule has 154 valence electrons. The van der Waals surface area contributed by atoms with Gasteiger partial charge in [-0.05, 0) is 43.3 Å². The Balaban J connectivity index is 2.19. The molecule has 0 aromatic heterocycles. The predicted octanol–water partition coefficient (Wildman–Crippen LogP) is 2.14. The van der Waals surface area contributed by atoms with E-state index in [-0.39, 0.29) is 16.1 Å². The van der Waals surface area contributed by atoms with Gasteiger partial charge < -0.3 is 10.1 Å². The molecule has 0 aliphatic carbocycles. The van der Waals surface area contributed by atoms with Gasteiger partial charge in [-0.15, -0.1) is 0 Å². The zero-order chi connectivity index (χ0) is 21.6. The highest BCUT2D eigenvalue weighted by atomic mass is 35.5. The topological polar surface area (TPSA) is 131 Å². The minimum atomic E-state index is -4.00. The van der Waals surface area contributed by atoms with Crippen molar-refractivity contribution >= 4 is 45.2 Å². The number of nitrogens with one attached hydrogen (secondary N) is 3. The van der Waals surface area contributed by atoms with Crippen LogP contribution in [0.2, 0.25) is 5.02 Å². The Morgan fingerprint density at radius 3 is 2.28 bits per heavy atom. The summed E-state index contributed by atoms with van der Waals surface area (Å²) in [6, 6.07) is 10.5. The van der Waals surface area contributed by atoms with Crippen molar-refractivity contribution in [2.24, 2.45) is 0 Å². The monoisotopic (exact) mass is 439 g/mol. The third-order valence-electron chi connectivity index (χ3n) is 3.63. The highest BCUT2D eigenvalue weighted by Crippen LogP contribution is 2.22. The molecule has 0 heterocycles. The molecule has 2 rings (SSSR count). The number of imide groups is 1. The lowest BCUT2D eigenvalue weighted by atomic mass is 10.2. The van der Waals surface area contributed by atoms with E-state index in [1.54, 1.807) is 0 Å². The molecular formula is C18H18ClN3O6S. The van der Waals surface area contributed by atoms with Gasteiger partial charge in [-0.3, -0.25) is 14.8 Å². The fraction of sp³-hybridized carbons (Fsp3) is 0.167. The van der Waals surface area contributed by atoms with Gasteiger partial charge in [0.25, 0.3) is 15.9 Å². The normalized spacial score (nSPS) is 11.8. The number of rotatable bonds is 6. The number of urea groups is 1. The molecular weight excluding hydrogens is 422 g/mol. The Morgan fingerprint density at radius 2 is 1.66 bits per heavy atom. The van der Waals surface area contributed by atoms with Gasteiger partial charge >= 0.3 is 12.0 Å². The first-order chi connectivity index (χ1) is 13.6. The van der Waals surface area contributed by atoms with Crippen LogP contribution in [0.3, 0.4) is 0 Å². The number of para-hydroxylation sites is 1. The first kappa shape index (κ1) is 22.2. The first-order valence-corrected chi connectivity index (χ1v) is 10.1. The van der Waals surface area contributed by atoms with Crippen LogP contribution in [-0.2, 0) is 19.6 Å². The lowest BCUT2D eigenvalue weighted by Gasteiger charge is -2.15. The van der Waals surface area contributed by atoms with E-state index >= 15 is 0 Å². The van der Waals surface area contributed by atoms with Crippen molar-refractivity contribution in [2.75, 3.05) is 11.8 Å². The molecule has 3 amide bonds. The first-order valence-electron chi connectivity index (χ1n) is 8.25. The van der Waals surface area contributed by atoms with Crippen LogP contribution in [0.1, 0.15) is 17.3 Å². The molecule has 3 N–H and O–H groups in total. The van der Waals surface area contributed by atoms with Gasteiger partial charge in [0.2, 0.25) is 0 Å².